The molecule has 0 bridgehead atoms. The van der Waals surface area contributed by atoms with Crippen LogP contribution in [0.4, 0.5) is 5.69 Å². The van der Waals surface area contributed by atoms with Crippen molar-refractivity contribution in [1.29, 1.82) is 0 Å². The van der Waals surface area contributed by atoms with Crippen LogP contribution in [0.15, 0.2) is 88.6 Å². The minimum absolute atomic E-state index is 0.190. The van der Waals surface area contributed by atoms with E-state index in [1.165, 1.54) is 13.2 Å². The average molecular weight is 450 g/mol. The number of pyridine rings is 1. The minimum atomic E-state index is -4.32. The van der Waals surface area contributed by atoms with Crippen LogP contribution in [-0.2, 0) is 16.4 Å². The lowest BCUT2D eigenvalue weighted by atomic mass is 10.1. The van der Waals surface area contributed by atoms with Gasteiger partial charge in [0.25, 0.3) is 21.3 Å². The van der Waals surface area contributed by atoms with Crippen LogP contribution in [0, 0.1) is 10.1 Å². The molecule has 0 aliphatic carbocycles. The van der Waals surface area contributed by atoms with Crippen molar-refractivity contribution in [2.45, 2.75) is 11.3 Å². The summed E-state index contributed by atoms with van der Waals surface area (Å²) < 4.78 is 33.0. The summed E-state index contributed by atoms with van der Waals surface area (Å²) in [5, 5.41) is 11.7. The van der Waals surface area contributed by atoms with Crippen LogP contribution in [0.2, 0.25) is 0 Å². The first-order valence-electron chi connectivity index (χ1n) is 9.58. The van der Waals surface area contributed by atoms with Crippen molar-refractivity contribution in [3.05, 3.63) is 111 Å². The summed E-state index contributed by atoms with van der Waals surface area (Å²) in [6.45, 7) is 0. The molecule has 9 heteroatoms. The second kappa shape index (κ2) is 8.27. The monoisotopic (exact) mass is 450 g/mol. The van der Waals surface area contributed by atoms with E-state index < -0.39 is 20.5 Å². The summed E-state index contributed by atoms with van der Waals surface area (Å²) in [4.78, 5) is 23.5. The van der Waals surface area contributed by atoms with E-state index in [2.05, 4.69) is 0 Å². The van der Waals surface area contributed by atoms with Crippen molar-refractivity contribution >= 4 is 26.5 Å². The van der Waals surface area contributed by atoms with Crippen molar-refractivity contribution in [1.82, 2.24) is 3.97 Å². The second-order valence-corrected chi connectivity index (χ2v) is 8.86. The number of methoxy groups -OCH3 is 1. The third-order valence-electron chi connectivity index (χ3n) is 5.07. The number of ether oxygens (including phenoxy) is 1. The molecule has 0 amide bonds. The van der Waals surface area contributed by atoms with E-state index >= 15 is 0 Å². The number of nitrogens with zero attached hydrogens (tertiary/aromatic N) is 2. The molecule has 0 atom stereocenters. The van der Waals surface area contributed by atoms with Crippen LogP contribution in [0.1, 0.15) is 11.3 Å². The molecule has 8 nitrogen and oxygen atoms in total. The zero-order valence-corrected chi connectivity index (χ0v) is 17.8. The number of hydrogen-bond donors (Lipinski definition) is 0. The van der Waals surface area contributed by atoms with E-state index in [9.17, 15) is 23.3 Å². The molecule has 1 aromatic heterocycles. The van der Waals surface area contributed by atoms with E-state index in [0.717, 1.165) is 33.8 Å². The molecule has 0 saturated carbocycles. The van der Waals surface area contributed by atoms with Gasteiger partial charge in [0.2, 0.25) is 0 Å². The van der Waals surface area contributed by atoms with Crippen molar-refractivity contribution < 1.29 is 18.1 Å². The van der Waals surface area contributed by atoms with Gasteiger partial charge in [-0.05, 0) is 47.3 Å². The predicted molar refractivity (Wildman–Crippen MR) is 120 cm³/mol. The molecule has 162 valence electrons. The number of nitro benzene ring substituents is 1. The van der Waals surface area contributed by atoms with Gasteiger partial charge >= 0.3 is 0 Å². The first-order chi connectivity index (χ1) is 15.3. The summed E-state index contributed by atoms with van der Waals surface area (Å²) in [6.07, 6.45) is 0.190. The quantitative estimate of drug-likeness (QED) is 0.327. The van der Waals surface area contributed by atoms with Gasteiger partial charge in [0.05, 0.1) is 16.9 Å². The van der Waals surface area contributed by atoms with Gasteiger partial charge in [-0.25, -0.2) is 12.4 Å². The lowest BCUT2D eigenvalue weighted by Crippen LogP contribution is -2.30. The molecule has 0 spiro atoms. The first kappa shape index (κ1) is 21.3. The topological polar surface area (TPSA) is 109 Å². The molecule has 0 saturated heterocycles. The highest BCUT2D eigenvalue weighted by molar-refractivity contribution is 7.90. The molecule has 1 heterocycles. The molecule has 4 rings (SSSR count). The maximum absolute atomic E-state index is 13.5. The number of nitro groups is 1. The standard InChI is InChI=1S/C23H18N2O6S/c1-31-20-9-12-22-17(15-20)14-19(13-16-5-3-2-4-6-16)24(23(22)26)32(29,30)21-10-7-18(8-11-21)25(27)28/h2-12,14-15H,13H2,1H3. The zero-order chi connectivity index (χ0) is 22.9. The Bertz CT molecular complexity index is 1480. The highest BCUT2D eigenvalue weighted by atomic mass is 32.2. The van der Waals surface area contributed by atoms with Crippen LogP contribution in [0.3, 0.4) is 0 Å². The Labute approximate surface area is 183 Å². The molecule has 0 radical (unpaired) electrons. The van der Waals surface area contributed by atoms with Crippen LogP contribution >= 0.6 is 0 Å². The molecular weight excluding hydrogens is 432 g/mol. The summed E-state index contributed by atoms with van der Waals surface area (Å²) in [6, 6.07) is 20.1. The molecule has 4 aromatic rings. The number of fused-ring (bicyclic) bond motifs is 1. The van der Waals surface area contributed by atoms with E-state index in [1.54, 1.807) is 18.2 Å². The number of non-ortho nitro benzene ring substituents is 1. The van der Waals surface area contributed by atoms with Gasteiger partial charge in [-0.3, -0.25) is 14.9 Å². The molecule has 0 aliphatic heterocycles. The van der Waals surface area contributed by atoms with Gasteiger partial charge in [0, 0.05) is 29.6 Å². The van der Waals surface area contributed by atoms with Crippen molar-refractivity contribution in [2.24, 2.45) is 0 Å². The molecule has 0 fully saturated rings. The largest absolute Gasteiger partial charge is 0.497 e. The van der Waals surface area contributed by atoms with E-state index in [0.29, 0.717) is 11.1 Å². The fourth-order valence-corrected chi connectivity index (χ4v) is 4.93. The Hall–Kier alpha value is -3.98. The van der Waals surface area contributed by atoms with Crippen LogP contribution in [0.25, 0.3) is 10.8 Å². The van der Waals surface area contributed by atoms with Gasteiger partial charge in [-0.1, -0.05) is 30.3 Å². The Morgan fingerprint density at radius 1 is 0.969 bits per heavy atom. The summed E-state index contributed by atoms with van der Waals surface area (Å²) in [5.74, 6) is 0.540. The van der Waals surface area contributed by atoms with E-state index in [1.807, 2.05) is 30.3 Å². The predicted octanol–water partition coefficient (Wildman–Crippen LogP) is 3.75. The zero-order valence-electron chi connectivity index (χ0n) is 17.0. The van der Waals surface area contributed by atoms with Gasteiger partial charge in [0.1, 0.15) is 5.75 Å². The first-order valence-corrected chi connectivity index (χ1v) is 11.0. The number of rotatable bonds is 6. The van der Waals surface area contributed by atoms with Gasteiger partial charge in [-0.2, -0.15) is 0 Å². The highest BCUT2D eigenvalue weighted by Gasteiger charge is 2.24. The molecule has 0 N–H and O–H groups in total. The normalized spacial score (nSPS) is 11.4. The minimum Gasteiger partial charge on any atom is -0.497 e. The average Bonchev–Trinajstić information content (AvgIpc) is 2.79. The summed E-state index contributed by atoms with van der Waals surface area (Å²) in [5.41, 5.74) is 0.142. The molecule has 0 aliphatic rings. The Kier molecular flexibility index (Phi) is 5.50. The van der Waals surface area contributed by atoms with E-state index in [-0.39, 0.29) is 28.1 Å². The fraction of sp³-hybridized carbons (Fsp3) is 0.0870. The van der Waals surface area contributed by atoms with Crippen molar-refractivity contribution in [2.75, 3.05) is 7.11 Å². The Balaban J connectivity index is 1.97. The maximum atomic E-state index is 13.5. The number of hydrogen-bond acceptors (Lipinski definition) is 6. The lowest BCUT2D eigenvalue weighted by molar-refractivity contribution is -0.384. The molecule has 32 heavy (non-hydrogen) atoms. The highest BCUT2D eigenvalue weighted by Crippen LogP contribution is 2.24. The fourth-order valence-electron chi connectivity index (χ4n) is 3.50. The Morgan fingerprint density at radius 2 is 1.66 bits per heavy atom. The van der Waals surface area contributed by atoms with Gasteiger partial charge in [-0.15, -0.1) is 0 Å². The summed E-state index contributed by atoms with van der Waals surface area (Å²) >= 11 is 0. The van der Waals surface area contributed by atoms with E-state index in [4.69, 9.17) is 4.74 Å². The SMILES string of the molecule is COc1ccc2c(=O)n(S(=O)(=O)c3ccc([N+](=O)[O-])cc3)c(Cc3ccccc3)cc2c1. The van der Waals surface area contributed by atoms with Crippen LogP contribution < -0.4 is 10.3 Å². The van der Waals surface area contributed by atoms with Crippen LogP contribution in [-0.4, -0.2) is 24.4 Å². The van der Waals surface area contributed by atoms with Crippen molar-refractivity contribution in [3.8, 4) is 5.75 Å². The van der Waals surface area contributed by atoms with Gasteiger partial charge in [0.15, 0.2) is 0 Å². The molecule has 0 unspecified atom stereocenters. The second-order valence-electron chi connectivity index (χ2n) is 7.08. The van der Waals surface area contributed by atoms with Crippen molar-refractivity contribution in [3.63, 3.8) is 0 Å². The van der Waals surface area contributed by atoms with Crippen LogP contribution in [0.5, 0.6) is 5.75 Å². The molecular formula is C23H18N2O6S. The number of benzene rings is 3. The third-order valence-corrected chi connectivity index (χ3v) is 6.82. The lowest BCUT2D eigenvalue weighted by Gasteiger charge is -2.16. The van der Waals surface area contributed by atoms with Gasteiger partial charge < -0.3 is 4.74 Å². The number of aromatic nitrogens is 1. The third kappa shape index (κ3) is 3.85. The smallest absolute Gasteiger partial charge is 0.272 e. The maximum Gasteiger partial charge on any atom is 0.272 e. The summed E-state index contributed by atoms with van der Waals surface area (Å²) in [7, 11) is -2.81. The molecule has 3 aromatic carbocycles. The Morgan fingerprint density at radius 3 is 2.28 bits per heavy atom.